The van der Waals surface area contributed by atoms with Gasteiger partial charge in [-0.1, -0.05) is 13.8 Å². The van der Waals surface area contributed by atoms with Gasteiger partial charge in [0.05, 0.1) is 12.1 Å². The Bertz CT molecular complexity index is 312. The van der Waals surface area contributed by atoms with E-state index in [0.717, 1.165) is 0 Å². The van der Waals surface area contributed by atoms with Crippen LogP contribution in [0, 0.1) is 5.92 Å². The van der Waals surface area contributed by atoms with E-state index in [9.17, 15) is 14.7 Å². The number of rotatable bonds is 3. The van der Waals surface area contributed by atoms with E-state index >= 15 is 0 Å². The van der Waals surface area contributed by atoms with Crippen molar-refractivity contribution in [3.05, 3.63) is 0 Å². The van der Waals surface area contributed by atoms with Crippen LogP contribution in [0.1, 0.15) is 20.3 Å². The fraction of sp³-hybridized carbons (Fsp3) is 0.818. The van der Waals surface area contributed by atoms with Gasteiger partial charge in [0.25, 0.3) is 0 Å². The molecule has 106 valence electrons. The van der Waals surface area contributed by atoms with Crippen LogP contribution in [-0.2, 0) is 9.59 Å². The molecule has 0 saturated carbocycles. The van der Waals surface area contributed by atoms with E-state index in [1.54, 1.807) is 0 Å². The lowest BCUT2D eigenvalue weighted by atomic mass is 10.0. The van der Waals surface area contributed by atoms with Crippen LogP contribution in [0.5, 0.6) is 0 Å². The highest BCUT2D eigenvalue weighted by molar-refractivity contribution is 5.90. The third-order valence-corrected chi connectivity index (χ3v) is 3.11. The molecule has 0 aromatic carbocycles. The first kappa shape index (κ1) is 17.2. The molecule has 0 aromatic rings. The van der Waals surface area contributed by atoms with Crippen LogP contribution in [0.4, 0.5) is 0 Å². The van der Waals surface area contributed by atoms with Crippen molar-refractivity contribution < 1.29 is 14.7 Å². The van der Waals surface area contributed by atoms with E-state index < -0.39 is 18.2 Å². The highest BCUT2D eigenvalue weighted by Gasteiger charge is 2.40. The third-order valence-electron chi connectivity index (χ3n) is 3.11. The Hall–Kier alpha value is -0.850. The average Bonchev–Trinajstić information content (AvgIpc) is 2.68. The second-order valence-electron chi connectivity index (χ2n) is 4.78. The van der Waals surface area contributed by atoms with Gasteiger partial charge >= 0.3 is 0 Å². The summed E-state index contributed by atoms with van der Waals surface area (Å²) in [7, 11) is 1.51. The number of carbonyl (C=O) groups excluding carboxylic acids is 2. The number of carbonyl (C=O) groups is 2. The molecule has 2 unspecified atom stereocenters. The second kappa shape index (κ2) is 6.92. The van der Waals surface area contributed by atoms with E-state index in [-0.39, 0.29) is 43.1 Å². The van der Waals surface area contributed by atoms with Gasteiger partial charge in [-0.05, 0) is 5.92 Å². The Morgan fingerprint density at radius 3 is 2.44 bits per heavy atom. The van der Waals surface area contributed by atoms with Crippen molar-refractivity contribution in [2.45, 2.75) is 38.5 Å². The lowest BCUT2D eigenvalue weighted by Crippen LogP contribution is -2.52. The van der Waals surface area contributed by atoms with E-state index in [4.69, 9.17) is 5.73 Å². The van der Waals surface area contributed by atoms with Crippen molar-refractivity contribution in [3.63, 3.8) is 0 Å². The number of aliphatic hydroxyl groups is 1. The summed E-state index contributed by atoms with van der Waals surface area (Å²) in [6.45, 7) is 3.88. The number of nitrogens with one attached hydrogen (secondary N) is 1. The first-order chi connectivity index (χ1) is 7.88. The summed E-state index contributed by atoms with van der Waals surface area (Å²) >= 11 is 0. The van der Waals surface area contributed by atoms with Gasteiger partial charge in [0.2, 0.25) is 11.8 Å². The molecule has 1 aliphatic rings. The van der Waals surface area contributed by atoms with Crippen LogP contribution in [0.2, 0.25) is 0 Å². The Morgan fingerprint density at radius 1 is 1.44 bits per heavy atom. The standard InChI is InChI=1S/C11H21N3O3.ClH/c1-6(2)9(12)11(17)14-5-7(15)4-8(14)10(16)13-3;/h6-9,15H,4-5,12H2,1-3H3,(H,13,16);1H/t7?,8-,9?;/m1./s1. The maximum atomic E-state index is 12.1. The van der Waals surface area contributed by atoms with Gasteiger partial charge in [0.15, 0.2) is 0 Å². The molecule has 18 heavy (non-hydrogen) atoms. The molecule has 1 aliphatic heterocycles. The van der Waals surface area contributed by atoms with Crippen molar-refractivity contribution in [2.24, 2.45) is 11.7 Å². The minimum atomic E-state index is -0.652. The topological polar surface area (TPSA) is 95.7 Å². The van der Waals surface area contributed by atoms with Crippen molar-refractivity contribution in [1.29, 1.82) is 0 Å². The second-order valence-corrected chi connectivity index (χ2v) is 4.78. The molecule has 3 atom stereocenters. The highest BCUT2D eigenvalue weighted by Crippen LogP contribution is 2.20. The summed E-state index contributed by atoms with van der Waals surface area (Å²) in [5.74, 6) is -0.526. The Morgan fingerprint density at radius 2 is 2.00 bits per heavy atom. The van der Waals surface area contributed by atoms with Gasteiger partial charge < -0.3 is 21.1 Å². The molecule has 0 spiro atoms. The number of hydrogen-bond donors (Lipinski definition) is 3. The number of aliphatic hydroxyl groups excluding tert-OH is 1. The summed E-state index contributed by atoms with van der Waals surface area (Å²) in [4.78, 5) is 25.1. The van der Waals surface area contributed by atoms with Crippen LogP contribution >= 0.6 is 12.4 Å². The summed E-state index contributed by atoms with van der Waals surface area (Å²) in [5.41, 5.74) is 5.78. The lowest BCUT2D eigenvalue weighted by Gasteiger charge is -2.27. The molecule has 6 nitrogen and oxygen atoms in total. The Labute approximate surface area is 113 Å². The summed E-state index contributed by atoms with van der Waals surface area (Å²) in [5, 5.41) is 12.1. The van der Waals surface area contributed by atoms with E-state index in [2.05, 4.69) is 5.32 Å². The predicted octanol–water partition coefficient (Wildman–Crippen LogP) is -0.901. The molecule has 2 amide bonds. The summed E-state index contributed by atoms with van der Waals surface area (Å²) < 4.78 is 0. The van der Waals surface area contributed by atoms with Gasteiger partial charge in [0, 0.05) is 20.0 Å². The van der Waals surface area contributed by atoms with Crippen LogP contribution < -0.4 is 11.1 Å². The monoisotopic (exact) mass is 279 g/mol. The molecule has 1 fully saturated rings. The number of amides is 2. The van der Waals surface area contributed by atoms with E-state index in [0.29, 0.717) is 0 Å². The third kappa shape index (κ3) is 3.57. The minimum absolute atomic E-state index is 0. The average molecular weight is 280 g/mol. The predicted molar refractivity (Wildman–Crippen MR) is 70.3 cm³/mol. The largest absolute Gasteiger partial charge is 0.391 e. The van der Waals surface area contributed by atoms with Crippen LogP contribution in [-0.4, -0.2) is 53.6 Å². The number of nitrogens with zero attached hydrogens (tertiary/aromatic N) is 1. The van der Waals surface area contributed by atoms with Gasteiger partial charge in [-0.15, -0.1) is 12.4 Å². The van der Waals surface area contributed by atoms with Crippen LogP contribution in [0.15, 0.2) is 0 Å². The highest BCUT2D eigenvalue weighted by atomic mass is 35.5. The number of likely N-dealkylation sites (tertiary alicyclic amines) is 1. The minimum Gasteiger partial charge on any atom is -0.391 e. The quantitative estimate of drug-likeness (QED) is 0.624. The molecular weight excluding hydrogens is 258 g/mol. The van der Waals surface area contributed by atoms with E-state index in [1.807, 2.05) is 13.8 Å². The SMILES string of the molecule is CNC(=O)[C@H]1CC(O)CN1C(=O)C(N)C(C)C.Cl. The number of likely N-dealkylation sites (N-methyl/N-ethyl adjacent to an activating group) is 1. The normalized spacial score (nSPS) is 24.7. The fourth-order valence-electron chi connectivity index (χ4n) is 1.95. The Balaban J connectivity index is 0.00000289. The molecule has 1 saturated heterocycles. The van der Waals surface area contributed by atoms with Crippen molar-refractivity contribution in [1.82, 2.24) is 10.2 Å². The molecule has 1 rings (SSSR count). The zero-order chi connectivity index (χ0) is 13.2. The van der Waals surface area contributed by atoms with Crippen molar-refractivity contribution in [3.8, 4) is 0 Å². The number of hydrogen-bond acceptors (Lipinski definition) is 4. The fourth-order valence-corrected chi connectivity index (χ4v) is 1.95. The van der Waals surface area contributed by atoms with Gasteiger partial charge in [-0.2, -0.15) is 0 Å². The molecule has 0 aliphatic carbocycles. The molecule has 0 aromatic heterocycles. The lowest BCUT2D eigenvalue weighted by molar-refractivity contribution is -0.140. The smallest absolute Gasteiger partial charge is 0.242 e. The molecular formula is C11H22ClN3O3. The van der Waals surface area contributed by atoms with Gasteiger partial charge in [-0.3, -0.25) is 9.59 Å². The number of halogens is 1. The molecule has 1 heterocycles. The van der Waals surface area contributed by atoms with Crippen LogP contribution in [0.3, 0.4) is 0 Å². The van der Waals surface area contributed by atoms with Crippen molar-refractivity contribution in [2.75, 3.05) is 13.6 Å². The Kier molecular flexibility index (Phi) is 6.59. The van der Waals surface area contributed by atoms with Crippen molar-refractivity contribution >= 4 is 24.2 Å². The molecule has 4 N–H and O–H groups in total. The maximum absolute atomic E-state index is 12.1. The number of nitrogens with two attached hydrogens (primary N) is 1. The van der Waals surface area contributed by atoms with Gasteiger partial charge in [-0.25, -0.2) is 0 Å². The summed E-state index contributed by atoms with van der Waals surface area (Å²) in [6, 6.07) is -1.24. The number of β-amino-alcohol motifs (C(OH)–C–C–N with tert-alkyl or cyclic N) is 1. The first-order valence-electron chi connectivity index (χ1n) is 5.84. The summed E-state index contributed by atoms with van der Waals surface area (Å²) in [6.07, 6.45) is -0.378. The van der Waals surface area contributed by atoms with Gasteiger partial charge in [0.1, 0.15) is 6.04 Å². The molecule has 0 radical (unpaired) electrons. The first-order valence-corrected chi connectivity index (χ1v) is 5.84. The zero-order valence-electron chi connectivity index (χ0n) is 10.9. The zero-order valence-corrected chi connectivity index (χ0v) is 11.7. The molecule has 7 heteroatoms. The van der Waals surface area contributed by atoms with Crippen LogP contribution in [0.25, 0.3) is 0 Å². The maximum Gasteiger partial charge on any atom is 0.242 e. The molecule has 0 bridgehead atoms. The van der Waals surface area contributed by atoms with E-state index in [1.165, 1.54) is 11.9 Å².